The summed E-state index contributed by atoms with van der Waals surface area (Å²) in [4.78, 5) is 14.4. The van der Waals surface area contributed by atoms with E-state index in [-0.39, 0.29) is 11.9 Å². The number of aryl methyl sites for hydroxylation is 1. The van der Waals surface area contributed by atoms with Gasteiger partial charge in [0.1, 0.15) is 0 Å². The summed E-state index contributed by atoms with van der Waals surface area (Å²) in [6.45, 7) is 2.27. The van der Waals surface area contributed by atoms with E-state index in [0.717, 1.165) is 5.56 Å². The first-order valence-electron chi connectivity index (χ1n) is 6.72. The van der Waals surface area contributed by atoms with Crippen molar-refractivity contribution in [3.8, 4) is 0 Å². The predicted molar refractivity (Wildman–Crippen MR) is 81.1 cm³/mol. The highest BCUT2D eigenvalue weighted by Crippen LogP contribution is 2.24. The van der Waals surface area contributed by atoms with E-state index in [1.807, 2.05) is 30.3 Å². The second-order valence-electron chi connectivity index (χ2n) is 4.88. The van der Waals surface area contributed by atoms with Crippen LogP contribution in [-0.4, -0.2) is 21.0 Å². The molecule has 1 aromatic heterocycles. The average Bonchev–Trinajstić information content (AvgIpc) is 2.76. The van der Waals surface area contributed by atoms with Crippen molar-refractivity contribution in [2.45, 2.75) is 19.4 Å². The Bertz CT molecular complexity index is 624. The third-order valence-electron chi connectivity index (χ3n) is 3.45. The van der Waals surface area contributed by atoms with E-state index in [1.54, 1.807) is 18.5 Å². The van der Waals surface area contributed by atoms with Crippen molar-refractivity contribution in [2.75, 3.05) is 11.9 Å². The molecule has 1 heterocycles. The first-order valence-corrected chi connectivity index (χ1v) is 6.72. The third-order valence-corrected chi connectivity index (χ3v) is 3.45. The first kappa shape index (κ1) is 15.0. The van der Waals surface area contributed by atoms with E-state index in [0.29, 0.717) is 24.6 Å². The highest BCUT2D eigenvalue weighted by atomic mass is 16.6. The highest BCUT2D eigenvalue weighted by molar-refractivity contribution is 5.53. The molecule has 7 heteroatoms. The van der Waals surface area contributed by atoms with Crippen LogP contribution in [0.15, 0.2) is 30.3 Å². The summed E-state index contributed by atoms with van der Waals surface area (Å²) in [5, 5.41) is 14.0. The van der Waals surface area contributed by atoms with Gasteiger partial charge in [-0.15, -0.1) is 0 Å². The fourth-order valence-electron chi connectivity index (χ4n) is 2.13. The largest absolute Gasteiger partial charge is 0.406 e. The third kappa shape index (κ3) is 3.38. The Balaban J connectivity index is 1.99. The minimum Gasteiger partial charge on any atom is -0.364 e. The molecule has 0 radical (unpaired) electrons. The molecule has 2 rings (SSSR count). The van der Waals surface area contributed by atoms with Crippen LogP contribution in [0.25, 0.3) is 0 Å². The number of benzene rings is 1. The van der Waals surface area contributed by atoms with Gasteiger partial charge in [0.05, 0.1) is 0 Å². The monoisotopic (exact) mass is 289 g/mol. The van der Waals surface area contributed by atoms with Gasteiger partial charge in [-0.1, -0.05) is 30.3 Å². The molecule has 1 atom stereocenters. The van der Waals surface area contributed by atoms with Gasteiger partial charge in [-0.05, 0) is 21.9 Å². The number of anilines is 1. The Morgan fingerprint density at radius 2 is 2.10 bits per heavy atom. The van der Waals surface area contributed by atoms with Gasteiger partial charge in [-0.25, -0.2) is 0 Å². The molecule has 21 heavy (non-hydrogen) atoms. The van der Waals surface area contributed by atoms with E-state index in [9.17, 15) is 10.1 Å². The normalized spacial score (nSPS) is 12.1. The predicted octanol–water partition coefficient (Wildman–Crippen LogP) is 2.14. The van der Waals surface area contributed by atoms with Gasteiger partial charge in [0.25, 0.3) is 0 Å². The van der Waals surface area contributed by atoms with Gasteiger partial charge < -0.3 is 21.2 Å². The minimum atomic E-state index is -0.480. The Kier molecular flexibility index (Phi) is 4.54. The first-order chi connectivity index (χ1) is 10.0. The number of rotatable bonds is 6. The highest BCUT2D eigenvalue weighted by Gasteiger charge is 2.23. The summed E-state index contributed by atoms with van der Waals surface area (Å²) < 4.78 is 1.67. The van der Waals surface area contributed by atoms with E-state index in [2.05, 4.69) is 10.3 Å². The summed E-state index contributed by atoms with van der Waals surface area (Å²) >= 11 is 0. The summed E-state index contributed by atoms with van der Waals surface area (Å²) in [6.07, 6.45) is 0.672. The standard InChI is InChI=1S/C14H19N5O2/c1-10-17-14(19(20)21)13(18(10)2)16-9-8-12(15)11-6-4-3-5-7-11/h3-7,12,16H,8-9,15H2,1-2H3. The van der Waals surface area contributed by atoms with Crippen molar-refractivity contribution in [3.05, 3.63) is 51.8 Å². The van der Waals surface area contributed by atoms with E-state index < -0.39 is 4.92 Å². The quantitative estimate of drug-likeness (QED) is 0.627. The van der Waals surface area contributed by atoms with Gasteiger partial charge in [0.15, 0.2) is 0 Å². The van der Waals surface area contributed by atoms with Crippen LogP contribution in [0.3, 0.4) is 0 Å². The lowest BCUT2D eigenvalue weighted by Gasteiger charge is -2.13. The topological polar surface area (TPSA) is 99.0 Å². The van der Waals surface area contributed by atoms with Crippen LogP contribution in [0, 0.1) is 17.0 Å². The Morgan fingerprint density at radius 3 is 2.71 bits per heavy atom. The van der Waals surface area contributed by atoms with E-state index >= 15 is 0 Å². The van der Waals surface area contributed by atoms with E-state index in [1.165, 1.54) is 0 Å². The molecule has 3 N–H and O–H groups in total. The van der Waals surface area contributed by atoms with Gasteiger partial charge in [-0.3, -0.25) is 4.57 Å². The molecule has 2 aromatic rings. The summed E-state index contributed by atoms with van der Waals surface area (Å²) in [6, 6.07) is 9.67. The van der Waals surface area contributed by atoms with Crippen LogP contribution >= 0.6 is 0 Å². The van der Waals surface area contributed by atoms with Crippen LogP contribution in [0.1, 0.15) is 23.9 Å². The number of imidazole rings is 1. The van der Waals surface area contributed by atoms with Crippen molar-refractivity contribution in [1.29, 1.82) is 0 Å². The number of hydrogen-bond acceptors (Lipinski definition) is 5. The smallest absolute Gasteiger partial charge is 0.364 e. The van der Waals surface area contributed by atoms with Crippen molar-refractivity contribution >= 4 is 11.6 Å². The maximum Gasteiger partial charge on any atom is 0.406 e. The molecule has 0 aliphatic heterocycles. The Labute approximate surface area is 122 Å². The van der Waals surface area contributed by atoms with Gasteiger partial charge in [0, 0.05) is 26.6 Å². The van der Waals surface area contributed by atoms with Crippen molar-refractivity contribution in [2.24, 2.45) is 12.8 Å². The molecule has 0 aliphatic rings. The lowest BCUT2D eigenvalue weighted by molar-refractivity contribution is -0.388. The molecule has 0 saturated heterocycles. The number of hydrogen-bond donors (Lipinski definition) is 2. The molecule has 0 amide bonds. The zero-order valence-electron chi connectivity index (χ0n) is 12.1. The average molecular weight is 289 g/mol. The van der Waals surface area contributed by atoms with Gasteiger partial charge >= 0.3 is 5.82 Å². The fraction of sp³-hybridized carbons (Fsp3) is 0.357. The lowest BCUT2D eigenvalue weighted by atomic mass is 10.1. The molecule has 0 bridgehead atoms. The van der Waals surface area contributed by atoms with Crippen molar-refractivity contribution in [3.63, 3.8) is 0 Å². The molecule has 0 fully saturated rings. The Hall–Kier alpha value is -2.41. The molecule has 0 aliphatic carbocycles. The lowest BCUT2D eigenvalue weighted by Crippen LogP contribution is -2.16. The number of nitro groups is 1. The number of nitrogens with two attached hydrogens (primary N) is 1. The summed E-state index contributed by atoms with van der Waals surface area (Å²) in [5.74, 6) is 0.859. The molecule has 0 saturated carbocycles. The van der Waals surface area contributed by atoms with Crippen LogP contribution in [-0.2, 0) is 7.05 Å². The fourth-order valence-corrected chi connectivity index (χ4v) is 2.13. The van der Waals surface area contributed by atoms with Crippen LogP contribution < -0.4 is 11.1 Å². The number of aromatic nitrogens is 2. The molecule has 1 aromatic carbocycles. The SMILES string of the molecule is Cc1nc([N+](=O)[O-])c(NCCC(N)c2ccccc2)n1C. The van der Waals surface area contributed by atoms with Gasteiger partial charge in [0.2, 0.25) is 11.6 Å². The summed E-state index contributed by atoms with van der Waals surface area (Å²) in [5.41, 5.74) is 7.15. The maximum atomic E-state index is 11.0. The minimum absolute atomic E-state index is 0.105. The summed E-state index contributed by atoms with van der Waals surface area (Å²) in [7, 11) is 1.74. The Morgan fingerprint density at radius 1 is 1.43 bits per heavy atom. The molecular formula is C14H19N5O2. The van der Waals surface area contributed by atoms with Crippen molar-refractivity contribution < 1.29 is 4.92 Å². The number of nitrogens with one attached hydrogen (secondary N) is 1. The zero-order valence-corrected chi connectivity index (χ0v) is 12.1. The molecule has 112 valence electrons. The zero-order chi connectivity index (χ0) is 15.4. The molecule has 0 spiro atoms. The van der Waals surface area contributed by atoms with Crippen LogP contribution in [0.4, 0.5) is 11.6 Å². The van der Waals surface area contributed by atoms with Crippen LogP contribution in [0.2, 0.25) is 0 Å². The van der Waals surface area contributed by atoms with E-state index in [4.69, 9.17) is 5.73 Å². The number of nitrogens with zero attached hydrogens (tertiary/aromatic N) is 3. The molecular weight excluding hydrogens is 270 g/mol. The maximum absolute atomic E-state index is 11.0. The second-order valence-corrected chi connectivity index (χ2v) is 4.88. The van der Waals surface area contributed by atoms with Gasteiger partial charge in [-0.2, -0.15) is 0 Å². The van der Waals surface area contributed by atoms with Crippen molar-refractivity contribution in [1.82, 2.24) is 9.55 Å². The second kappa shape index (κ2) is 6.36. The van der Waals surface area contributed by atoms with Crippen LogP contribution in [0.5, 0.6) is 0 Å². The molecule has 1 unspecified atom stereocenters. The molecule has 7 nitrogen and oxygen atoms in total.